The smallest absolute Gasteiger partial charge is 0.229 e. The number of rotatable bonds is 3. The van der Waals surface area contributed by atoms with Crippen molar-refractivity contribution in [1.29, 1.82) is 0 Å². The highest BCUT2D eigenvalue weighted by molar-refractivity contribution is 7.92. The fourth-order valence-electron chi connectivity index (χ4n) is 2.06. The van der Waals surface area contributed by atoms with Gasteiger partial charge >= 0.3 is 0 Å². The summed E-state index contributed by atoms with van der Waals surface area (Å²) in [7, 11) is -3.22. The molecule has 0 amide bonds. The Morgan fingerprint density at radius 1 is 1.35 bits per heavy atom. The topological polar surface area (TPSA) is 55.4 Å². The van der Waals surface area contributed by atoms with Crippen molar-refractivity contribution in [1.82, 2.24) is 0 Å². The van der Waals surface area contributed by atoms with Gasteiger partial charge in [-0.3, -0.25) is 4.72 Å². The van der Waals surface area contributed by atoms with Gasteiger partial charge in [0.2, 0.25) is 10.0 Å². The molecular weight excluding hydrogens is 238 g/mol. The van der Waals surface area contributed by atoms with E-state index in [1.165, 1.54) is 0 Å². The number of sulfonamides is 1. The molecule has 2 unspecified atom stereocenters. The van der Waals surface area contributed by atoms with Gasteiger partial charge in [-0.15, -0.1) is 0 Å². The molecule has 2 atom stereocenters. The molecule has 1 heterocycles. The van der Waals surface area contributed by atoms with E-state index in [0.717, 1.165) is 24.7 Å². The van der Waals surface area contributed by atoms with Crippen LogP contribution in [0.2, 0.25) is 0 Å². The first-order valence-electron chi connectivity index (χ1n) is 5.67. The second-order valence-corrected chi connectivity index (χ2v) is 6.26. The second kappa shape index (κ2) is 4.66. The van der Waals surface area contributed by atoms with E-state index in [4.69, 9.17) is 4.74 Å². The molecule has 0 spiro atoms. The van der Waals surface area contributed by atoms with E-state index >= 15 is 0 Å². The van der Waals surface area contributed by atoms with Gasteiger partial charge in [0.1, 0.15) is 0 Å². The monoisotopic (exact) mass is 255 g/mol. The van der Waals surface area contributed by atoms with Crippen LogP contribution in [-0.4, -0.2) is 20.8 Å². The number of benzene rings is 1. The van der Waals surface area contributed by atoms with Crippen molar-refractivity contribution >= 4 is 15.7 Å². The van der Waals surface area contributed by atoms with E-state index in [0.29, 0.717) is 5.69 Å². The highest BCUT2D eigenvalue weighted by Crippen LogP contribution is 2.33. The average molecular weight is 255 g/mol. The van der Waals surface area contributed by atoms with Crippen LogP contribution in [0.15, 0.2) is 24.3 Å². The summed E-state index contributed by atoms with van der Waals surface area (Å²) in [5.74, 6) is 0. The summed E-state index contributed by atoms with van der Waals surface area (Å²) >= 11 is 0. The van der Waals surface area contributed by atoms with Crippen molar-refractivity contribution in [2.24, 2.45) is 0 Å². The molecule has 5 heteroatoms. The third-order valence-electron chi connectivity index (χ3n) is 2.79. The Balaban J connectivity index is 2.17. The molecule has 0 aliphatic carbocycles. The van der Waals surface area contributed by atoms with Crippen molar-refractivity contribution in [3.63, 3.8) is 0 Å². The third-order valence-corrected chi connectivity index (χ3v) is 3.40. The van der Waals surface area contributed by atoms with Gasteiger partial charge in [-0.2, -0.15) is 0 Å². The molecule has 1 N–H and O–H groups in total. The largest absolute Gasteiger partial charge is 0.371 e. The van der Waals surface area contributed by atoms with Gasteiger partial charge in [0.05, 0.1) is 18.5 Å². The first kappa shape index (κ1) is 12.4. The summed E-state index contributed by atoms with van der Waals surface area (Å²) in [5, 5.41) is 0. The van der Waals surface area contributed by atoms with Gasteiger partial charge in [-0.25, -0.2) is 8.42 Å². The predicted molar refractivity (Wildman–Crippen MR) is 67.4 cm³/mol. The summed E-state index contributed by atoms with van der Waals surface area (Å²) < 4.78 is 30.5. The molecule has 0 aromatic heterocycles. The Labute approximate surface area is 102 Å². The SMILES string of the molecule is CC1CCC(c2cccc(NS(C)(=O)=O)c2)O1. The lowest BCUT2D eigenvalue weighted by atomic mass is 10.1. The van der Waals surface area contributed by atoms with Gasteiger partial charge in [-0.1, -0.05) is 12.1 Å². The van der Waals surface area contributed by atoms with Crippen LogP contribution in [0.25, 0.3) is 0 Å². The number of hydrogen-bond acceptors (Lipinski definition) is 3. The lowest BCUT2D eigenvalue weighted by Gasteiger charge is -2.13. The normalized spacial score (nSPS) is 24.8. The Bertz CT molecular complexity index is 498. The molecule has 1 fully saturated rings. The van der Waals surface area contributed by atoms with E-state index in [1.807, 2.05) is 18.2 Å². The molecule has 1 aliphatic heterocycles. The van der Waals surface area contributed by atoms with Crippen LogP contribution in [0.5, 0.6) is 0 Å². The molecule has 1 aliphatic rings. The first-order chi connectivity index (χ1) is 7.94. The zero-order valence-corrected chi connectivity index (χ0v) is 10.8. The first-order valence-corrected chi connectivity index (χ1v) is 7.56. The van der Waals surface area contributed by atoms with E-state index in [1.54, 1.807) is 6.07 Å². The fourth-order valence-corrected chi connectivity index (χ4v) is 2.62. The number of nitrogens with one attached hydrogen (secondary N) is 1. The highest BCUT2D eigenvalue weighted by Gasteiger charge is 2.23. The number of hydrogen-bond donors (Lipinski definition) is 1. The van der Waals surface area contributed by atoms with Gasteiger partial charge in [0, 0.05) is 5.69 Å². The third kappa shape index (κ3) is 3.44. The van der Waals surface area contributed by atoms with Crippen LogP contribution in [0, 0.1) is 0 Å². The van der Waals surface area contributed by atoms with Crippen molar-refractivity contribution in [2.75, 3.05) is 11.0 Å². The summed E-state index contributed by atoms with van der Waals surface area (Å²) in [6.07, 6.45) is 3.56. The molecule has 0 saturated carbocycles. The van der Waals surface area contributed by atoms with Crippen molar-refractivity contribution in [2.45, 2.75) is 32.0 Å². The zero-order chi connectivity index (χ0) is 12.5. The molecule has 17 heavy (non-hydrogen) atoms. The molecule has 0 radical (unpaired) electrons. The molecule has 1 saturated heterocycles. The van der Waals surface area contributed by atoms with Crippen molar-refractivity contribution < 1.29 is 13.2 Å². The average Bonchev–Trinajstić information content (AvgIpc) is 2.63. The van der Waals surface area contributed by atoms with Crippen LogP contribution in [0.1, 0.15) is 31.4 Å². The van der Waals surface area contributed by atoms with Gasteiger partial charge in [-0.05, 0) is 37.5 Å². The Hall–Kier alpha value is -1.07. The van der Waals surface area contributed by atoms with Crippen LogP contribution < -0.4 is 4.72 Å². The van der Waals surface area contributed by atoms with E-state index in [-0.39, 0.29) is 12.2 Å². The highest BCUT2D eigenvalue weighted by atomic mass is 32.2. The quantitative estimate of drug-likeness (QED) is 0.901. The Morgan fingerprint density at radius 2 is 2.12 bits per heavy atom. The van der Waals surface area contributed by atoms with Gasteiger partial charge < -0.3 is 4.74 Å². The predicted octanol–water partition coefficient (Wildman–Crippen LogP) is 2.30. The molecular formula is C12H17NO3S. The molecule has 1 aromatic rings. The Morgan fingerprint density at radius 3 is 2.71 bits per heavy atom. The van der Waals surface area contributed by atoms with Crippen LogP contribution in [0.4, 0.5) is 5.69 Å². The molecule has 1 aromatic carbocycles. The van der Waals surface area contributed by atoms with Crippen LogP contribution >= 0.6 is 0 Å². The lowest BCUT2D eigenvalue weighted by Crippen LogP contribution is -2.10. The summed E-state index contributed by atoms with van der Waals surface area (Å²) in [6, 6.07) is 7.39. The van der Waals surface area contributed by atoms with E-state index in [2.05, 4.69) is 11.6 Å². The Kier molecular flexibility index (Phi) is 3.40. The summed E-state index contributed by atoms with van der Waals surface area (Å²) in [4.78, 5) is 0. The standard InChI is InChI=1S/C12H17NO3S/c1-9-6-7-12(16-9)10-4-3-5-11(8-10)13-17(2,14)15/h3-5,8-9,12-13H,6-7H2,1-2H3. The molecule has 2 rings (SSSR count). The van der Waals surface area contributed by atoms with Crippen LogP contribution in [-0.2, 0) is 14.8 Å². The van der Waals surface area contributed by atoms with E-state index in [9.17, 15) is 8.42 Å². The molecule has 94 valence electrons. The molecule has 4 nitrogen and oxygen atoms in total. The summed E-state index contributed by atoms with van der Waals surface area (Å²) in [6.45, 7) is 2.05. The lowest BCUT2D eigenvalue weighted by molar-refractivity contribution is 0.0556. The summed E-state index contributed by atoms with van der Waals surface area (Å²) in [5.41, 5.74) is 1.62. The fraction of sp³-hybridized carbons (Fsp3) is 0.500. The molecule has 0 bridgehead atoms. The van der Waals surface area contributed by atoms with Crippen molar-refractivity contribution in [3.8, 4) is 0 Å². The van der Waals surface area contributed by atoms with E-state index < -0.39 is 10.0 Å². The second-order valence-electron chi connectivity index (χ2n) is 4.51. The zero-order valence-electron chi connectivity index (χ0n) is 10.0. The number of anilines is 1. The van der Waals surface area contributed by atoms with Crippen molar-refractivity contribution in [3.05, 3.63) is 29.8 Å². The maximum absolute atomic E-state index is 11.1. The van der Waals surface area contributed by atoms with Gasteiger partial charge in [0.15, 0.2) is 0 Å². The number of ether oxygens (including phenoxy) is 1. The minimum atomic E-state index is -3.22. The minimum absolute atomic E-state index is 0.0892. The van der Waals surface area contributed by atoms with Gasteiger partial charge in [0.25, 0.3) is 0 Å². The maximum atomic E-state index is 11.1. The van der Waals surface area contributed by atoms with Crippen LogP contribution in [0.3, 0.4) is 0 Å². The minimum Gasteiger partial charge on any atom is -0.371 e. The maximum Gasteiger partial charge on any atom is 0.229 e.